The first-order valence-corrected chi connectivity index (χ1v) is 7.45. The molecule has 0 saturated heterocycles. The van der Waals surface area contributed by atoms with Crippen molar-refractivity contribution in [3.05, 3.63) is 29.8 Å². The van der Waals surface area contributed by atoms with Crippen LogP contribution in [0.15, 0.2) is 22.7 Å². The topological polar surface area (TPSA) is 81.8 Å². The molecule has 6 nitrogen and oxygen atoms in total. The molecule has 1 aromatic heterocycles. The number of aromatic nitrogens is 1. The van der Waals surface area contributed by atoms with Crippen LogP contribution in [0.3, 0.4) is 0 Å². The molecular formula is C17H19NO5. The van der Waals surface area contributed by atoms with Crippen molar-refractivity contribution in [2.24, 2.45) is 0 Å². The van der Waals surface area contributed by atoms with Crippen molar-refractivity contribution < 1.29 is 23.8 Å². The maximum Gasteiger partial charge on any atom is 0.307 e. The Balaban J connectivity index is 2.09. The molecule has 1 aromatic carbocycles. The quantitative estimate of drug-likeness (QED) is 0.937. The summed E-state index contributed by atoms with van der Waals surface area (Å²) in [5.41, 5.74) is 1.05. The van der Waals surface area contributed by atoms with Crippen molar-refractivity contribution in [1.29, 1.82) is 0 Å². The van der Waals surface area contributed by atoms with Gasteiger partial charge in [0, 0.05) is 11.0 Å². The van der Waals surface area contributed by atoms with Gasteiger partial charge in [0.05, 0.1) is 12.6 Å². The number of nitrogens with zero attached hydrogens (tertiary/aromatic N) is 1. The molecule has 0 saturated carbocycles. The van der Waals surface area contributed by atoms with E-state index < -0.39 is 5.97 Å². The van der Waals surface area contributed by atoms with E-state index >= 15 is 0 Å². The van der Waals surface area contributed by atoms with Gasteiger partial charge >= 0.3 is 5.97 Å². The molecule has 0 amide bonds. The summed E-state index contributed by atoms with van der Waals surface area (Å²) < 4.78 is 17.0. The standard InChI is InChI=1S/C17H19NO5/c1-17(2,3)16-18-9-14(23-16)11-8-13-12(21-4-5-22-13)6-10(11)7-15(19)20/h6,8-9H,4-5,7H2,1-3H3,(H,19,20). The molecule has 1 aliphatic rings. The number of aliphatic carboxylic acids is 1. The van der Waals surface area contributed by atoms with Gasteiger partial charge in [-0.2, -0.15) is 0 Å². The van der Waals surface area contributed by atoms with Crippen molar-refractivity contribution >= 4 is 5.97 Å². The Morgan fingerprint density at radius 2 is 1.87 bits per heavy atom. The van der Waals surface area contributed by atoms with Gasteiger partial charge in [-0.15, -0.1) is 0 Å². The van der Waals surface area contributed by atoms with Crippen LogP contribution in [0.2, 0.25) is 0 Å². The molecule has 1 aliphatic heterocycles. The molecule has 3 rings (SSSR count). The minimum Gasteiger partial charge on any atom is -0.486 e. The summed E-state index contributed by atoms with van der Waals surface area (Å²) >= 11 is 0. The third-order valence-electron chi connectivity index (χ3n) is 3.52. The van der Waals surface area contributed by atoms with E-state index in [1.165, 1.54) is 0 Å². The number of benzene rings is 1. The first-order valence-electron chi connectivity index (χ1n) is 7.45. The number of hydrogen-bond donors (Lipinski definition) is 1. The SMILES string of the molecule is CC(C)(C)c1ncc(-c2cc3c(cc2CC(=O)O)OCCO3)o1. The lowest BCUT2D eigenvalue weighted by molar-refractivity contribution is -0.136. The van der Waals surface area contributed by atoms with Crippen molar-refractivity contribution in [3.8, 4) is 22.8 Å². The lowest BCUT2D eigenvalue weighted by atomic mass is 9.97. The Morgan fingerprint density at radius 1 is 1.22 bits per heavy atom. The number of rotatable bonds is 3. The fourth-order valence-corrected chi connectivity index (χ4v) is 2.41. The van der Waals surface area contributed by atoms with Crippen LogP contribution in [-0.4, -0.2) is 29.3 Å². The van der Waals surface area contributed by atoms with E-state index in [-0.39, 0.29) is 11.8 Å². The lowest BCUT2D eigenvalue weighted by Gasteiger charge is -2.20. The van der Waals surface area contributed by atoms with Crippen LogP contribution in [0, 0.1) is 0 Å². The summed E-state index contributed by atoms with van der Waals surface area (Å²) in [6.45, 7) is 6.93. The van der Waals surface area contributed by atoms with Crippen LogP contribution in [-0.2, 0) is 16.6 Å². The van der Waals surface area contributed by atoms with Crippen molar-refractivity contribution in [3.63, 3.8) is 0 Å². The average Bonchev–Trinajstić information content (AvgIpc) is 2.95. The minimum atomic E-state index is -0.918. The molecule has 2 heterocycles. The first kappa shape index (κ1) is 15.4. The van der Waals surface area contributed by atoms with Crippen LogP contribution in [0.1, 0.15) is 32.2 Å². The van der Waals surface area contributed by atoms with Gasteiger partial charge in [0.2, 0.25) is 0 Å². The number of oxazole rings is 1. The zero-order chi connectivity index (χ0) is 16.6. The molecule has 1 N–H and O–H groups in total. The zero-order valence-electron chi connectivity index (χ0n) is 13.4. The number of carbonyl (C=O) groups is 1. The Morgan fingerprint density at radius 3 is 2.43 bits per heavy atom. The smallest absolute Gasteiger partial charge is 0.307 e. The van der Waals surface area contributed by atoms with Gasteiger partial charge in [0.15, 0.2) is 23.1 Å². The molecule has 0 aliphatic carbocycles. The normalized spacial score (nSPS) is 13.9. The highest BCUT2D eigenvalue weighted by Gasteiger charge is 2.24. The summed E-state index contributed by atoms with van der Waals surface area (Å²) in [6.07, 6.45) is 1.49. The fourth-order valence-electron chi connectivity index (χ4n) is 2.41. The van der Waals surface area contributed by atoms with Crippen LogP contribution in [0.25, 0.3) is 11.3 Å². The maximum atomic E-state index is 11.2. The molecule has 0 spiro atoms. The van der Waals surface area contributed by atoms with Gasteiger partial charge in [0.1, 0.15) is 13.2 Å². The van der Waals surface area contributed by atoms with Crippen molar-refractivity contribution in [2.45, 2.75) is 32.6 Å². The van der Waals surface area contributed by atoms with Gasteiger partial charge in [0.25, 0.3) is 0 Å². The molecule has 0 radical (unpaired) electrons. The highest BCUT2D eigenvalue weighted by atomic mass is 16.6. The van der Waals surface area contributed by atoms with Crippen LogP contribution >= 0.6 is 0 Å². The van der Waals surface area contributed by atoms with Crippen molar-refractivity contribution in [1.82, 2.24) is 4.98 Å². The average molecular weight is 317 g/mol. The van der Waals surface area contributed by atoms with E-state index in [1.54, 1.807) is 18.3 Å². The summed E-state index contributed by atoms with van der Waals surface area (Å²) in [6, 6.07) is 3.47. The molecule has 122 valence electrons. The molecule has 2 aromatic rings. The highest BCUT2D eigenvalue weighted by molar-refractivity contribution is 5.77. The number of carboxylic acids is 1. The van der Waals surface area contributed by atoms with Crippen LogP contribution in [0.4, 0.5) is 0 Å². The van der Waals surface area contributed by atoms with E-state index in [0.29, 0.717) is 47.5 Å². The van der Waals surface area contributed by atoms with E-state index in [0.717, 1.165) is 0 Å². The summed E-state index contributed by atoms with van der Waals surface area (Å²) in [5, 5.41) is 9.16. The van der Waals surface area contributed by atoms with E-state index in [4.69, 9.17) is 19.0 Å². The Labute approximate surface area is 134 Å². The zero-order valence-corrected chi connectivity index (χ0v) is 13.4. The number of fused-ring (bicyclic) bond motifs is 1. The molecule has 0 fully saturated rings. The summed E-state index contributed by atoms with van der Waals surface area (Å²) in [5.74, 6) is 1.37. The lowest BCUT2D eigenvalue weighted by Crippen LogP contribution is -2.16. The predicted molar refractivity (Wildman–Crippen MR) is 83.0 cm³/mol. The van der Waals surface area contributed by atoms with E-state index in [2.05, 4.69) is 4.98 Å². The number of hydrogen-bond acceptors (Lipinski definition) is 5. The van der Waals surface area contributed by atoms with Gasteiger partial charge in [-0.25, -0.2) is 4.98 Å². The second-order valence-corrected chi connectivity index (χ2v) is 6.50. The van der Waals surface area contributed by atoms with Gasteiger partial charge in [-0.3, -0.25) is 4.79 Å². The predicted octanol–water partition coefficient (Wildman–Crippen LogP) is 3.04. The number of ether oxygens (including phenoxy) is 2. The van der Waals surface area contributed by atoms with E-state index in [9.17, 15) is 4.79 Å². The van der Waals surface area contributed by atoms with Gasteiger partial charge < -0.3 is 19.0 Å². The van der Waals surface area contributed by atoms with Crippen LogP contribution in [0.5, 0.6) is 11.5 Å². The van der Waals surface area contributed by atoms with Crippen LogP contribution < -0.4 is 9.47 Å². The fraction of sp³-hybridized carbons (Fsp3) is 0.412. The third-order valence-corrected chi connectivity index (χ3v) is 3.52. The monoisotopic (exact) mass is 317 g/mol. The minimum absolute atomic E-state index is 0.127. The molecule has 0 unspecified atom stereocenters. The second kappa shape index (κ2) is 5.61. The maximum absolute atomic E-state index is 11.2. The molecule has 0 atom stereocenters. The largest absolute Gasteiger partial charge is 0.486 e. The molecular weight excluding hydrogens is 298 g/mol. The summed E-state index contributed by atoms with van der Waals surface area (Å²) in [4.78, 5) is 15.5. The van der Waals surface area contributed by atoms with Gasteiger partial charge in [-0.1, -0.05) is 20.8 Å². The van der Waals surface area contributed by atoms with E-state index in [1.807, 2.05) is 20.8 Å². The Hall–Kier alpha value is -2.50. The second-order valence-electron chi connectivity index (χ2n) is 6.50. The summed E-state index contributed by atoms with van der Waals surface area (Å²) in [7, 11) is 0. The van der Waals surface area contributed by atoms with Crippen molar-refractivity contribution in [2.75, 3.05) is 13.2 Å². The molecule has 0 bridgehead atoms. The third kappa shape index (κ3) is 3.16. The first-order chi connectivity index (χ1) is 10.8. The molecule has 23 heavy (non-hydrogen) atoms. The molecule has 6 heteroatoms. The Kier molecular flexibility index (Phi) is 3.75. The Bertz CT molecular complexity index is 742. The number of carboxylic acid groups (broad SMARTS) is 1. The highest BCUT2D eigenvalue weighted by Crippen LogP contribution is 2.38. The van der Waals surface area contributed by atoms with Gasteiger partial charge in [-0.05, 0) is 17.7 Å².